The smallest absolute Gasteiger partial charge is 0.299 e. The first kappa shape index (κ1) is 14.3. The van der Waals surface area contributed by atoms with E-state index in [1.807, 2.05) is 6.92 Å². The number of hydrogen-bond acceptors (Lipinski definition) is 1. The highest BCUT2D eigenvalue weighted by atomic mass is 16.2. The SMILES string of the molecule is C#CC#CC#CC#CC#CC(=O)N(C)CCC. The summed E-state index contributed by atoms with van der Waals surface area (Å²) in [6, 6.07) is 0. The molecule has 0 aromatic rings. The van der Waals surface area contributed by atoms with Crippen molar-refractivity contribution in [2.75, 3.05) is 13.6 Å². The summed E-state index contributed by atoms with van der Waals surface area (Å²) in [7, 11) is 1.70. The van der Waals surface area contributed by atoms with Gasteiger partial charge in [0.15, 0.2) is 0 Å². The van der Waals surface area contributed by atoms with Crippen LogP contribution >= 0.6 is 0 Å². The molecule has 82 valence electrons. The van der Waals surface area contributed by atoms with Gasteiger partial charge in [-0.05, 0) is 53.8 Å². The van der Waals surface area contributed by atoms with Gasteiger partial charge in [0.25, 0.3) is 5.91 Å². The lowest BCUT2D eigenvalue weighted by atomic mass is 10.4. The van der Waals surface area contributed by atoms with Gasteiger partial charge in [-0.15, -0.1) is 6.42 Å². The number of rotatable bonds is 2. The fourth-order valence-corrected chi connectivity index (χ4v) is 0.809. The second-order valence-electron chi connectivity index (χ2n) is 2.87. The number of hydrogen-bond donors (Lipinski definition) is 0. The molecule has 0 heterocycles. The van der Waals surface area contributed by atoms with Gasteiger partial charge in [-0.3, -0.25) is 4.79 Å². The van der Waals surface area contributed by atoms with E-state index in [2.05, 4.69) is 53.3 Å². The van der Waals surface area contributed by atoms with Crippen LogP contribution in [-0.4, -0.2) is 24.4 Å². The molecule has 0 rings (SSSR count). The molecule has 0 saturated carbocycles. The van der Waals surface area contributed by atoms with Gasteiger partial charge in [0.1, 0.15) is 0 Å². The maximum absolute atomic E-state index is 11.3. The van der Waals surface area contributed by atoms with Crippen LogP contribution in [0.4, 0.5) is 0 Å². The number of terminal acetylenes is 1. The van der Waals surface area contributed by atoms with Gasteiger partial charge in [-0.1, -0.05) is 6.92 Å². The third kappa shape index (κ3) is 8.28. The lowest BCUT2D eigenvalue weighted by Gasteiger charge is -2.10. The third-order valence-corrected chi connectivity index (χ3v) is 1.52. The van der Waals surface area contributed by atoms with Gasteiger partial charge < -0.3 is 4.90 Å². The Morgan fingerprint density at radius 2 is 1.59 bits per heavy atom. The summed E-state index contributed by atoms with van der Waals surface area (Å²) >= 11 is 0. The molecule has 0 aromatic heterocycles. The molecule has 0 N–H and O–H groups in total. The first-order valence-corrected chi connectivity index (χ1v) is 4.94. The molecule has 0 aliphatic rings. The van der Waals surface area contributed by atoms with Crippen LogP contribution in [0.25, 0.3) is 0 Å². The molecule has 17 heavy (non-hydrogen) atoms. The van der Waals surface area contributed by atoms with E-state index in [9.17, 15) is 4.79 Å². The van der Waals surface area contributed by atoms with Crippen molar-refractivity contribution in [2.24, 2.45) is 0 Å². The first-order valence-electron chi connectivity index (χ1n) is 4.94. The van der Waals surface area contributed by atoms with Crippen LogP contribution in [0.1, 0.15) is 13.3 Å². The zero-order valence-corrected chi connectivity index (χ0v) is 9.85. The number of carbonyl (C=O) groups excluding carboxylic acids is 1. The Labute approximate surface area is 103 Å². The summed E-state index contributed by atoms with van der Waals surface area (Å²) in [5, 5.41) is 0. The van der Waals surface area contributed by atoms with Crippen LogP contribution < -0.4 is 0 Å². The largest absolute Gasteiger partial charge is 0.335 e. The molecule has 2 heteroatoms. The minimum absolute atomic E-state index is 0.249. The lowest BCUT2D eigenvalue weighted by molar-refractivity contribution is -0.123. The summed E-state index contributed by atoms with van der Waals surface area (Å²) in [5.74, 6) is 21.2. The Hall–Kier alpha value is -2.73. The molecular formula is C15H11NO. The van der Waals surface area contributed by atoms with E-state index in [1.165, 1.54) is 0 Å². The Bertz CT molecular complexity index is 547. The molecule has 0 aromatic carbocycles. The van der Waals surface area contributed by atoms with E-state index >= 15 is 0 Å². The fourth-order valence-electron chi connectivity index (χ4n) is 0.809. The van der Waals surface area contributed by atoms with Crippen LogP contribution in [0.2, 0.25) is 0 Å². The van der Waals surface area contributed by atoms with Crippen molar-refractivity contribution >= 4 is 5.91 Å². The monoisotopic (exact) mass is 221 g/mol. The van der Waals surface area contributed by atoms with Crippen molar-refractivity contribution in [3.8, 4) is 59.7 Å². The quantitative estimate of drug-likeness (QED) is 0.622. The summed E-state index contributed by atoms with van der Waals surface area (Å²) < 4.78 is 0. The minimum Gasteiger partial charge on any atom is -0.335 e. The van der Waals surface area contributed by atoms with E-state index < -0.39 is 0 Å². The van der Waals surface area contributed by atoms with Gasteiger partial charge in [0.05, 0.1) is 0 Å². The molecule has 1 amide bonds. The summed E-state index contributed by atoms with van der Waals surface area (Å²) in [4.78, 5) is 12.9. The Morgan fingerprint density at radius 3 is 2.12 bits per heavy atom. The molecule has 0 aliphatic heterocycles. The zero-order valence-electron chi connectivity index (χ0n) is 9.85. The number of amides is 1. The average Bonchev–Trinajstić information content (AvgIpc) is 2.32. The molecule has 0 bridgehead atoms. The Morgan fingerprint density at radius 1 is 1.06 bits per heavy atom. The van der Waals surface area contributed by atoms with Crippen LogP contribution in [0, 0.1) is 59.7 Å². The van der Waals surface area contributed by atoms with E-state index in [-0.39, 0.29) is 5.91 Å². The number of nitrogens with zero attached hydrogens (tertiary/aromatic N) is 1. The fraction of sp³-hybridized carbons (Fsp3) is 0.267. The lowest BCUT2D eigenvalue weighted by Crippen LogP contribution is -2.25. The number of carbonyl (C=O) groups is 1. The predicted molar refractivity (Wildman–Crippen MR) is 67.9 cm³/mol. The predicted octanol–water partition coefficient (Wildman–Crippen LogP) is 0.502. The van der Waals surface area contributed by atoms with Crippen molar-refractivity contribution in [3.05, 3.63) is 0 Å². The van der Waals surface area contributed by atoms with Gasteiger partial charge in [0.2, 0.25) is 0 Å². The molecular weight excluding hydrogens is 210 g/mol. The molecule has 0 fully saturated rings. The van der Waals surface area contributed by atoms with E-state index in [0.717, 1.165) is 6.42 Å². The first-order chi connectivity index (χ1) is 8.22. The van der Waals surface area contributed by atoms with E-state index in [1.54, 1.807) is 11.9 Å². The van der Waals surface area contributed by atoms with Crippen LogP contribution in [0.3, 0.4) is 0 Å². The Kier molecular flexibility index (Phi) is 8.24. The highest BCUT2D eigenvalue weighted by molar-refractivity contribution is 5.93. The van der Waals surface area contributed by atoms with E-state index in [0.29, 0.717) is 6.54 Å². The second-order valence-corrected chi connectivity index (χ2v) is 2.87. The zero-order chi connectivity index (χ0) is 12.9. The summed E-state index contributed by atoms with van der Waals surface area (Å²) in [6.07, 6.45) is 5.78. The maximum Gasteiger partial charge on any atom is 0.299 e. The van der Waals surface area contributed by atoms with Crippen molar-refractivity contribution < 1.29 is 4.79 Å². The van der Waals surface area contributed by atoms with Crippen molar-refractivity contribution in [1.29, 1.82) is 0 Å². The molecule has 0 radical (unpaired) electrons. The van der Waals surface area contributed by atoms with Gasteiger partial charge in [-0.25, -0.2) is 0 Å². The van der Waals surface area contributed by atoms with Gasteiger partial charge in [0, 0.05) is 19.5 Å². The minimum atomic E-state index is -0.249. The molecule has 0 saturated heterocycles. The maximum atomic E-state index is 11.3. The second kappa shape index (κ2) is 9.81. The molecule has 0 atom stereocenters. The highest BCUT2D eigenvalue weighted by Gasteiger charge is 2.01. The van der Waals surface area contributed by atoms with Crippen molar-refractivity contribution in [3.63, 3.8) is 0 Å². The van der Waals surface area contributed by atoms with Gasteiger partial charge in [-0.2, -0.15) is 0 Å². The normalized spacial score (nSPS) is 6.18. The molecule has 0 aliphatic carbocycles. The summed E-state index contributed by atoms with van der Waals surface area (Å²) in [5.41, 5.74) is 0. The average molecular weight is 221 g/mol. The Balaban J connectivity index is 4.30. The van der Waals surface area contributed by atoms with Crippen molar-refractivity contribution in [2.45, 2.75) is 13.3 Å². The highest BCUT2D eigenvalue weighted by Crippen LogP contribution is 1.85. The van der Waals surface area contributed by atoms with Crippen molar-refractivity contribution in [1.82, 2.24) is 4.90 Å². The van der Waals surface area contributed by atoms with Crippen LogP contribution in [-0.2, 0) is 4.79 Å². The topological polar surface area (TPSA) is 20.3 Å². The van der Waals surface area contributed by atoms with E-state index in [4.69, 9.17) is 6.42 Å². The molecule has 0 unspecified atom stereocenters. The molecule has 0 spiro atoms. The van der Waals surface area contributed by atoms with Crippen LogP contribution in [0.5, 0.6) is 0 Å². The molecule has 2 nitrogen and oxygen atoms in total. The standard InChI is InChI=1S/C15H11NO/c1-4-6-7-8-9-10-11-12-13-15(17)16(3)14-5-2/h1H,5,14H2,2-3H3. The van der Waals surface area contributed by atoms with Crippen LogP contribution in [0.15, 0.2) is 0 Å². The summed E-state index contributed by atoms with van der Waals surface area (Å²) in [6.45, 7) is 2.67. The van der Waals surface area contributed by atoms with Gasteiger partial charge >= 0.3 is 0 Å². The third-order valence-electron chi connectivity index (χ3n) is 1.52.